The predicted molar refractivity (Wildman–Crippen MR) is 64.4 cm³/mol. The number of amides is 1. The Bertz CT molecular complexity index is 426. The number of hydrogen-bond acceptors (Lipinski definition) is 4. The Hall–Kier alpha value is -1.15. The van der Waals surface area contributed by atoms with Crippen LogP contribution in [0, 0.1) is 5.92 Å². The van der Waals surface area contributed by atoms with Crippen molar-refractivity contribution in [2.75, 3.05) is 20.1 Å². The first-order valence-corrected chi connectivity index (χ1v) is 7.24. The summed E-state index contributed by atoms with van der Waals surface area (Å²) in [5, 5.41) is 9.83. The van der Waals surface area contributed by atoms with Crippen LogP contribution in [0.5, 0.6) is 0 Å². The van der Waals surface area contributed by atoms with Crippen molar-refractivity contribution < 1.29 is 23.1 Å². The van der Waals surface area contributed by atoms with E-state index in [9.17, 15) is 18.0 Å². The monoisotopic (exact) mass is 278 g/mol. The predicted octanol–water partition coefficient (Wildman–Crippen LogP) is -0.753. The summed E-state index contributed by atoms with van der Waals surface area (Å²) >= 11 is 0. The molecule has 0 aromatic rings. The van der Waals surface area contributed by atoms with Crippen LogP contribution in [0.4, 0.5) is 0 Å². The van der Waals surface area contributed by atoms with E-state index in [1.165, 1.54) is 7.05 Å². The highest BCUT2D eigenvalue weighted by atomic mass is 32.2. The Morgan fingerprint density at radius 1 is 1.33 bits per heavy atom. The van der Waals surface area contributed by atoms with E-state index in [0.29, 0.717) is 12.8 Å². The third-order valence-corrected chi connectivity index (χ3v) is 5.41. The first kappa shape index (κ1) is 14.9. The van der Waals surface area contributed by atoms with Crippen LogP contribution in [-0.4, -0.2) is 55.1 Å². The lowest BCUT2D eigenvalue weighted by Gasteiger charge is -2.31. The van der Waals surface area contributed by atoms with Gasteiger partial charge in [-0.05, 0) is 19.8 Å². The molecule has 104 valence electrons. The molecule has 1 unspecified atom stereocenters. The second-order valence-corrected chi connectivity index (χ2v) is 6.57. The van der Waals surface area contributed by atoms with E-state index in [0.717, 1.165) is 11.2 Å². The van der Waals surface area contributed by atoms with Crippen molar-refractivity contribution in [2.45, 2.75) is 25.0 Å². The molecule has 1 aliphatic rings. The van der Waals surface area contributed by atoms with Crippen molar-refractivity contribution in [1.82, 2.24) is 9.62 Å². The molecule has 0 bridgehead atoms. The van der Waals surface area contributed by atoms with Crippen LogP contribution in [0.2, 0.25) is 0 Å². The molecule has 1 atom stereocenters. The van der Waals surface area contributed by atoms with E-state index < -0.39 is 21.2 Å². The van der Waals surface area contributed by atoms with Gasteiger partial charge >= 0.3 is 5.97 Å². The van der Waals surface area contributed by atoms with Crippen molar-refractivity contribution in [2.24, 2.45) is 5.92 Å². The largest absolute Gasteiger partial charge is 0.480 e. The molecule has 1 heterocycles. The van der Waals surface area contributed by atoms with Gasteiger partial charge in [-0.1, -0.05) is 0 Å². The fraction of sp³-hybridized carbons (Fsp3) is 0.800. The van der Waals surface area contributed by atoms with E-state index in [4.69, 9.17) is 5.11 Å². The normalized spacial score (nSPS) is 20.3. The summed E-state index contributed by atoms with van der Waals surface area (Å²) < 4.78 is 25.0. The molecule has 18 heavy (non-hydrogen) atoms. The van der Waals surface area contributed by atoms with Gasteiger partial charge in [-0.15, -0.1) is 0 Å². The smallest absolute Gasteiger partial charge is 0.323 e. The number of carboxylic acids is 1. The molecule has 8 heteroatoms. The van der Waals surface area contributed by atoms with Gasteiger partial charge in [0.05, 0.1) is 0 Å². The molecule has 0 aromatic carbocycles. The average molecular weight is 278 g/mol. The molecule has 1 aliphatic heterocycles. The zero-order chi connectivity index (χ0) is 13.9. The van der Waals surface area contributed by atoms with E-state index in [2.05, 4.69) is 5.32 Å². The van der Waals surface area contributed by atoms with Gasteiger partial charge in [-0.2, -0.15) is 0 Å². The quantitative estimate of drug-likeness (QED) is 0.704. The lowest BCUT2D eigenvalue weighted by molar-refractivity contribution is -0.136. The molecule has 1 fully saturated rings. The zero-order valence-electron chi connectivity index (χ0n) is 10.4. The number of carbonyl (C=O) groups excluding carboxylic acids is 1. The highest BCUT2D eigenvalue weighted by Crippen LogP contribution is 2.21. The third-order valence-electron chi connectivity index (χ3n) is 3.23. The van der Waals surface area contributed by atoms with Gasteiger partial charge in [-0.25, -0.2) is 12.7 Å². The Labute approximate surface area is 106 Å². The van der Waals surface area contributed by atoms with Gasteiger partial charge in [0.25, 0.3) is 0 Å². The average Bonchev–Trinajstić information content (AvgIpc) is 2.36. The highest BCUT2D eigenvalue weighted by molar-refractivity contribution is 7.90. The Kier molecular flexibility index (Phi) is 4.69. The number of sulfonamides is 1. The van der Waals surface area contributed by atoms with Crippen molar-refractivity contribution >= 4 is 21.9 Å². The summed E-state index contributed by atoms with van der Waals surface area (Å²) in [5.41, 5.74) is 0. The van der Waals surface area contributed by atoms with Crippen molar-refractivity contribution in [1.29, 1.82) is 0 Å². The van der Waals surface area contributed by atoms with Crippen LogP contribution in [-0.2, 0) is 19.6 Å². The maximum absolute atomic E-state index is 11.9. The minimum Gasteiger partial charge on any atom is -0.480 e. The SMILES string of the molecule is CNC(=O)C1CCN(S(=O)(=O)C(C)C(=O)O)CC1. The maximum atomic E-state index is 11.9. The number of rotatable bonds is 4. The van der Waals surface area contributed by atoms with Crippen LogP contribution < -0.4 is 5.32 Å². The number of nitrogens with one attached hydrogen (secondary N) is 1. The summed E-state index contributed by atoms with van der Waals surface area (Å²) in [6, 6.07) is 0. The number of carboxylic acid groups (broad SMARTS) is 1. The molecule has 0 spiro atoms. The van der Waals surface area contributed by atoms with Gasteiger partial charge in [0, 0.05) is 26.1 Å². The number of carbonyl (C=O) groups is 2. The Morgan fingerprint density at radius 2 is 1.83 bits per heavy atom. The summed E-state index contributed by atoms with van der Waals surface area (Å²) in [7, 11) is -2.28. The van der Waals surface area contributed by atoms with Crippen LogP contribution in [0.1, 0.15) is 19.8 Å². The second kappa shape index (κ2) is 5.66. The Balaban J connectivity index is 2.68. The van der Waals surface area contributed by atoms with E-state index in [1.54, 1.807) is 0 Å². The zero-order valence-corrected chi connectivity index (χ0v) is 11.2. The van der Waals surface area contributed by atoms with Gasteiger partial charge in [0.1, 0.15) is 0 Å². The number of piperidine rings is 1. The van der Waals surface area contributed by atoms with Crippen LogP contribution in [0.25, 0.3) is 0 Å². The van der Waals surface area contributed by atoms with Crippen molar-refractivity contribution in [3.63, 3.8) is 0 Å². The Morgan fingerprint density at radius 3 is 2.22 bits per heavy atom. The minimum atomic E-state index is -3.82. The van der Waals surface area contributed by atoms with Crippen LogP contribution in [0.15, 0.2) is 0 Å². The summed E-state index contributed by atoms with van der Waals surface area (Å²) in [6.45, 7) is 1.54. The van der Waals surface area contributed by atoms with E-state index >= 15 is 0 Å². The van der Waals surface area contributed by atoms with Crippen LogP contribution in [0.3, 0.4) is 0 Å². The van der Waals surface area contributed by atoms with Gasteiger partial charge in [0.2, 0.25) is 15.9 Å². The lowest BCUT2D eigenvalue weighted by atomic mass is 9.97. The molecule has 1 saturated heterocycles. The molecule has 0 saturated carbocycles. The molecule has 0 aromatic heterocycles. The summed E-state index contributed by atoms with van der Waals surface area (Å²) in [6.07, 6.45) is 0.844. The third kappa shape index (κ3) is 2.99. The summed E-state index contributed by atoms with van der Waals surface area (Å²) in [4.78, 5) is 22.1. The van der Waals surface area contributed by atoms with E-state index in [-0.39, 0.29) is 24.9 Å². The minimum absolute atomic E-state index is 0.0988. The topological polar surface area (TPSA) is 104 Å². The molecule has 1 amide bonds. The fourth-order valence-corrected chi connectivity index (χ4v) is 3.35. The van der Waals surface area contributed by atoms with Crippen LogP contribution >= 0.6 is 0 Å². The molecular formula is C10H18N2O5S. The van der Waals surface area contributed by atoms with Gasteiger partial charge < -0.3 is 10.4 Å². The molecule has 0 radical (unpaired) electrons. The molecule has 2 N–H and O–H groups in total. The fourth-order valence-electron chi connectivity index (χ4n) is 1.93. The molecular weight excluding hydrogens is 260 g/mol. The molecule has 1 rings (SSSR count). The number of aliphatic carboxylic acids is 1. The maximum Gasteiger partial charge on any atom is 0.323 e. The highest BCUT2D eigenvalue weighted by Gasteiger charge is 2.37. The standard InChI is InChI=1S/C10H18N2O5S/c1-7(10(14)15)18(16,17)12-5-3-8(4-6-12)9(13)11-2/h7-8H,3-6H2,1-2H3,(H,11,13)(H,14,15). The van der Waals surface area contributed by atoms with Crippen molar-refractivity contribution in [3.8, 4) is 0 Å². The summed E-state index contributed by atoms with van der Waals surface area (Å²) in [5.74, 6) is -1.65. The second-order valence-electron chi connectivity index (χ2n) is 4.31. The molecule has 7 nitrogen and oxygen atoms in total. The first-order valence-electron chi connectivity index (χ1n) is 5.74. The number of hydrogen-bond donors (Lipinski definition) is 2. The van der Waals surface area contributed by atoms with Gasteiger partial charge in [0.15, 0.2) is 5.25 Å². The first-order chi connectivity index (χ1) is 8.30. The van der Waals surface area contributed by atoms with Crippen molar-refractivity contribution in [3.05, 3.63) is 0 Å². The lowest BCUT2D eigenvalue weighted by Crippen LogP contribution is -2.46. The van der Waals surface area contributed by atoms with Gasteiger partial charge in [-0.3, -0.25) is 9.59 Å². The van der Waals surface area contributed by atoms with E-state index in [1.807, 2.05) is 0 Å². The molecule has 0 aliphatic carbocycles. The number of nitrogens with zero attached hydrogens (tertiary/aromatic N) is 1.